The summed E-state index contributed by atoms with van der Waals surface area (Å²) in [5, 5.41) is 14.2. The summed E-state index contributed by atoms with van der Waals surface area (Å²) in [4.78, 5) is 10.8. The summed E-state index contributed by atoms with van der Waals surface area (Å²) in [6.07, 6.45) is 2.71. The van der Waals surface area contributed by atoms with Crippen molar-refractivity contribution in [2.45, 2.75) is 33.1 Å². The van der Waals surface area contributed by atoms with Crippen molar-refractivity contribution in [2.24, 2.45) is 11.7 Å². The molecule has 5 heteroatoms. The van der Waals surface area contributed by atoms with Crippen LogP contribution in [0.1, 0.15) is 32.3 Å². The Bertz CT molecular complexity index is 419. The van der Waals surface area contributed by atoms with Gasteiger partial charge in [0.1, 0.15) is 5.69 Å². The Morgan fingerprint density at radius 2 is 2.16 bits per heavy atom. The van der Waals surface area contributed by atoms with Crippen LogP contribution in [0.25, 0.3) is 0 Å². The molecule has 0 saturated carbocycles. The Hall–Kier alpha value is -1.62. The maximum atomic E-state index is 11.1. The molecule has 0 aromatic heterocycles. The molecule has 19 heavy (non-hydrogen) atoms. The van der Waals surface area contributed by atoms with Crippen molar-refractivity contribution in [1.29, 1.82) is 0 Å². The molecule has 0 aliphatic rings. The van der Waals surface area contributed by atoms with Gasteiger partial charge in [-0.1, -0.05) is 19.9 Å². The third-order valence-corrected chi connectivity index (χ3v) is 2.97. The molecule has 0 aliphatic carbocycles. The van der Waals surface area contributed by atoms with E-state index in [1.54, 1.807) is 12.1 Å². The van der Waals surface area contributed by atoms with E-state index in [1.807, 2.05) is 6.07 Å². The second kappa shape index (κ2) is 7.74. The minimum absolute atomic E-state index is 0.151. The molecule has 0 bridgehead atoms. The van der Waals surface area contributed by atoms with Gasteiger partial charge in [-0.2, -0.15) is 0 Å². The van der Waals surface area contributed by atoms with Crippen molar-refractivity contribution in [1.82, 2.24) is 0 Å². The number of hydrogen-bond acceptors (Lipinski definition) is 4. The smallest absolute Gasteiger partial charge is 0.292 e. The average molecular weight is 265 g/mol. The second-order valence-corrected chi connectivity index (χ2v) is 5.11. The van der Waals surface area contributed by atoms with Crippen LogP contribution in [0.2, 0.25) is 0 Å². The van der Waals surface area contributed by atoms with E-state index in [0.717, 1.165) is 24.8 Å². The van der Waals surface area contributed by atoms with Crippen molar-refractivity contribution in [2.75, 3.05) is 18.4 Å². The zero-order chi connectivity index (χ0) is 14.3. The van der Waals surface area contributed by atoms with Gasteiger partial charge in [0.05, 0.1) is 4.92 Å². The van der Waals surface area contributed by atoms with Gasteiger partial charge in [0.25, 0.3) is 5.69 Å². The van der Waals surface area contributed by atoms with Crippen LogP contribution in [0.5, 0.6) is 0 Å². The van der Waals surface area contributed by atoms with Gasteiger partial charge in [0.2, 0.25) is 0 Å². The molecule has 1 aromatic rings. The number of nitrogens with zero attached hydrogens (tertiary/aromatic N) is 1. The topological polar surface area (TPSA) is 81.2 Å². The Balaban J connectivity index is 2.79. The number of nitrogens with two attached hydrogens (primary N) is 1. The molecule has 0 amide bonds. The van der Waals surface area contributed by atoms with Crippen molar-refractivity contribution in [3.05, 3.63) is 33.9 Å². The van der Waals surface area contributed by atoms with E-state index in [4.69, 9.17) is 5.73 Å². The van der Waals surface area contributed by atoms with Gasteiger partial charge in [0.15, 0.2) is 0 Å². The summed E-state index contributed by atoms with van der Waals surface area (Å²) in [6, 6.07) is 5.43. The first-order chi connectivity index (χ1) is 9.04. The van der Waals surface area contributed by atoms with Crippen LogP contribution in [0.3, 0.4) is 0 Å². The first kappa shape index (κ1) is 15.4. The van der Waals surface area contributed by atoms with E-state index in [9.17, 15) is 10.1 Å². The van der Waals surface area contributed by atoms with Crippen molar-refractivity contribution < 1.29 is 4.92 Å². The predicted molar refractivity (Wildman–Crippen MR) is 78.4 cm³/mol. The van der Waals surface area contributed by atoms with Crippen LogP contribution in [0.4, 0.5) is 11.4 Å². The number of rotatable bonds is 8. The summed E-state index contributed by atoms with van der Waals surface area (Å²) in [5.74, 6) is 0.599. The molecule has 0 heterocycles. The van der Waals surface area contributed by atoms with Gasteiger partial charge < -0.3 is 11.1 Å². The second-order valence-electron chi connectivity index (χ2n) is 5.11. The minimum Gasteiger partial charge on any atom is -0.379 e. The Labute approximate surface area is 114 Å². The number of nitro groups is 1. The van der Waals surface area contributed by atoms with E-state index in [-0.39, 0.29) is 10.6 Å². The Morgan fingerprint density at radius 1 is 1.42 bits per heavy atom. The van der Waals surface area contributed by atoms with E-state index < -0.39 is 0 Å². The molecule has 106 valence electrons. The lowest BCUT2D eigenvalue weighted by Gasteiger charge is -2.09. The van der Waals surface area contributed by atoms with Crippen LogP contribution < -0.4 is 11.1 Å². The van der Waals surface area contributed by atoms with Crippen LogP contribution in [-0.4, -0.2) is 18.0 Å². The molecule has 0 unspecified atom stereocenters. The maximum Gasteiger partial charge on any atom is 0.292 e. The van der Waals surface area contributed by atoms with Crippen LogP contribution >= 0.6 is 0 Å². The molecule has 5 nitrogen and oxygen atoms in total. The van der Waals surface area contributed by atoms with E-state index in [0.29, 0.717) is 24.7 Å². The van der Waals surface area contributed by atoms with Gasteiger partial charge >= 0.3 is 0 Å². The van der Waals surface area contributed by atoms with Crippen molar-refractivity contribution in [3.63, 3.8) is 0 Å². The molecule has 1 aromatic carbocycles. The van der Waals surface area contributed by atoms with Crippen LogP contribution in [0.15, 0.2) is 18.2 Å². The van der Waals surface area contributed by atoms with Crippen molar-refractivity contribution >= 4 is 11.4 Å². The third-order valence-electron chi connectivity index (χ3n) is 2.97. The van der Waals surface area contributed by atoms with Gasteiger partial charge in [0, 0.05) is 12.6 Å². The molecule has 0 saturated heterocycles. The standard InChI is InChI=1S/C14H23N3O2/c1-11(2)4-5-12-6-7-13(16-9-3-8-15)14(10-12)17(18)19/h6-7,10-11,16H,3-5,8-9,15H2,1-2H3. The largest absolute Gasteiger partial charge is 0.379 e. The normalized spacial score (nSPS) is 10.7. The van der Waals surface area contributed by atoms with Gasteiger partial charge in [-0.15, -0.1) is 0 Å². The summed E-state index contributed by atoms with van der Waals surface area (Å²) in [6.45, 7) is 5.53. The van der Waals surface area contributed by atoms with Crippen LogP contribution in [-0.2, 0) is 6.42 Å². The molecule has 0 fully saturated rings. The molecule has 0 spiro atoms. The monoisotopic (exact) mass is 265 g/mol. The van der Waals surface area contributed by atoms with Crippen LogP contribution in [0, 0.1) is 16.0 Å². The highest BCUT2D eigenvalue weighted by atomic mass is 16.6. The Morgan fingerprint density at radius 3 is 2.74 bits per heavy atom. The maximum absolute atomic E-state index is 11.1. The van der Waals surface area contributed by atoms with E-state index >= 15 is 0 Å². The average Bonchev–Trinajstić information content (AvgIpc) is 2.37. The van der Waals surface area contributed by atoms with Gasteiger partial charge in [-0.05, 0) is 43.4 Å². The lowest BCUT2D eigenvalue weighted by molar-refractivity contribution is -0.384. The lowest BCUT2D eigenvalue weighted by Crippen LogP contribution is -2.09. The molecular weight excluding hydrogens is 242 g/mol. The summed E-state index contributed by atoms with van der Waals surface area (Å²) < 4.78 is 0. The molecule has 3 N–H and O–H groups in total. The first-order valence-corrected chi connectivity index (χ1v) is 6.76. The number of aryl methyl sites for hydroxylation is 1. The fraction of sp³-hybridized carbons (Fsp3) is 0.571. The third kappa shape index (κ3) is 5.26. The van der Waals surface area contributed by atoms with E-state index in [2.05, 4.69) is 19.2 Å². The summed E-state index contributed by atoms with van der Waals surface area (Å²) in [5.41, 5.74) is 7.15. The number of anilines is 1. The number of nitrogens with one attached hydrogen (secondary N) is 1. The summed E-state index contributed by atoms with van der Waals surface area (Å²) >= 11 is 0. The molecule has 1 rings (SSSR count). The zero-order valence-electron chi connectivity index (χ0n) is 11.7. The highest BCUT2D eigenvalue weighted by Crippen LogP contribution is 2.26. The van der Waals surface area contributed by atoms with E-state index in [1.165, 1.54) is 0 Å². The Kier molecular flexibility index (Phi) is 6.29. The highest BCUT2D eigenvalue weighted by molar-refractivity contribution is 5.62. The minimum atomic E-state index is -0.330. The number of benzene rings is 1. The summed E-state index contributed by atoms with van der Waals surface area (Å²) in [7, 11) is 0. The molecule has 0 aliphatic heterocycles. The molecule has 0 radical (unpaired) electrons. The first-order valence-electron chi connectivity index (χ1n) is 6.76. The van der Waals surface area contributed by atoms with Crippen molar-refractivity contribution in [3.8, 4) is 0 Å². The predicted octanol–water partition coefficient (Wildman–Crippen LogP) is 2.94. The fourth-order valence-corrected chi connectivity index (χ4v) is 1.81. The SMILES string of the molecule is CC(C)CCc1ccc(NCCCN)c([N+](=O)[O-])c1. The lowest BCUT2D eigenvalue weighted by atomic mass is 10.0. The number of hydrogen-bond donors (Lipinski definition) is 2. The fourth-order valence-electron chi connectivity index (χ4n) is 1.81. The van der Waals surface area contributed by atoms with Gasteiger partial charge in [-0.25, -0.2) is 0 Å². The highest BCUT2D eigenvalue weighted by Gasteiger charge is 2.14. The van der Waals surface area contributed by atoms with Gasteiger partial charge in [-0.3, -0.25) is 10.1 Å². The molecular formula is C14H23N3O2. The number of nitro benzene ring substituents is 1. The quantitative estimate of drug-likeness (QED) is 0.430. The zero-order valence-corrected chi connectivity index (χ0v) is 11.7. The molecule has 0 atom stereocenters.